The number of epoxide rings is 1. The highest BCUT2D eigenvalue weighted by molar-refractivity contribution is 5.17. The number of ether oxygens (including phenoxy) is 5. The molecule has 3 aliphatic heterocycles. The zero-order valence-corrected chi connectivity index (χ0v) is 11.2. The fourth-order valence-electron chi connectivity index (χ4n) is 2.35. The van der Waals surface area contributed by atoms with Gasteiger partial charge in [0.2, 0.25) is 0 Å². The van der Waals surface area contributed by atoms with Crippen molar-refractivity contribution >= 4 is 0 Å². The third-order valence-corrected chi connectivity index (χ3v) is 3.63. The van der Waals surface area contributed by atoms with Crippen LogP contribution in [-0.2, 0) is 23.7 Å². The van der Waals surface area contributed by atoms with E-state index in [-0.39, 0.29) is 30.5 Å². The normalized spacial score (nSPS) is 39.9. The summed E-state index contributed by atoms with van der Waals surface area (Å²) in [6.07, 6.45) is -0.0283. The first-order valence-electron chi connectivity index (χ1n) is 6.63. The first-order chi connectivity index (χ1) is 9.15. The van der Waals surface area contributed by atoms with Crippen molar-refractivity contribution < 1.29 is 23.7 Å². The molecular weight excluding hydrogens is 248 g/mol. The van der Waals surface area contributed by atoms with Crippen LogP contribution in [0.25, 0.3) is 0 Å². The molecule has 0 bridgehead atoms. The molecule has 0 N–H and O–H groups in total. The van der Waals surface area contributed by atoms with E-state index in [9.17, 15) is 0 Å². The molecule has 106 valence electrons. The molecule has 19 heavy (non-hydrogen) atoms. The van der Waals surface area contributed by atoms with E-state index >= 15 is 0 Å². The number of allylic oxidation sites excluding steroid dienone is 1. The largest absolute Gasteiger partial charge is 0.486 e. The van der Waals surface area contributed by atoms with Crippen LogP contribution in [0.15, 0.2) is 24.5 Å². The molecule has 5 nitrogen and oxygen atoms in total. The van der Waals surface area contributed by atoms with E-state index in [4.69, 9.17) is 23.7 Å². The maximum absolute atomic E-state index is 5.77. The van der Waals surface area contributed by atoms with E-state index < -0.39 is 0 Å². The van der Waals surface area contributed by atoms with Gasteiger partial charge in [0, 0.05) is 0 Å². The molecule has 0 aromatic rings. The summed E-state index contributed by atoms with van der Waals surface area (Å²) in [5, 5.41) is 0. The maximum atomic E-state index is 5.77. The lowest BCUT2D eigenvalue weighted by Gasteiger charge is -2.19. The lowest BCUT2D eigenvalue weighted by Crippen LogP contribution is -2.34. The Kier molecular flexibility index (Phi) is 3.62. The first kappa shape index (κ1) is 13.1. The second-order valence-electron chi connectivity index (χ2n) is 5.28. The predicted molar refractivity (Wildman–Crippen MR) is 67.8 cm³/mol. The van der Waals surface area contributed by atoms with E-state index in [2.05, 4.69) is 13.2 Å². The fourth-order valence-corrected chi connectivity index (χ4v) is 2.35. The second kappa shape index (κ2) is 5.25. The van der Waals surface area contributed by atoms with Crippen LogP contribution < -0.4 is 0 Å². The minimum absolute atomic E-state index is 0.0270. The van der Waals surface area contributed by atoms with Crippen molar-refractivity contribution in [2.24, 2.45) is 0 Å². The van der Waals surface area contributed by atoms with Gasteiger partial charge >= 0.3 is 0 Å². The minimum Gasteiger partial charge on any atom is -0.486 e. The summed E-state index contributed by atoms with van der Waals surface area (Å²) in [7, 11) is 0. The Labute approximate surface area is 113 Å². The lowest BCUT2D eigenvalue weighted by atomic mass is 10.1. The number of fused-ring (bicyclic) bond motifs is 1. The third-order valence-electron chi connectivity index (χ3n) is 3.63. The van der Waals surface area contributed by atoms with E-state index in [0.717, 1.165) is 12.2 Å². The topological polar surface area (TPSA) is 49.5 Å². The van der Waals surface area contributed by atoms with E-state index in [0.29, 0.717) is 25.6 Å². The maximum Gasteiger partial charge on any atom is 0.151 e. The van der Waals surface area contributed by atoms with Gasteiger partial charge in [-0.2, -0.15) is 0 Å². The first-order valence-corrected chi connectivity index (χ1v) is 6.63. The molecule has 0 aromatic carbocycles. The Morgan fingerprint density at radius 2 is 1.68 bits per heavy atom. The van der Waals surface area contributed by atoms with Gasteiger partial charge in [-0.1, -0.05) is 13.2 Å². The van der Waals surface area contributed by atoms with Crippen molar-refractivity contribution in [3.05, 3.63) is 24.5 Å². The summed E-state index contributed by atoms with van der Waals surface area (Å²) in [4.78, 5) is 0. The fraction of sp³-hybridized carbons (Fsp3) is 0.714. The van der Waals surface area contributed by atoms with Crippen molar-refractivity contribution in [1.29, 1.82) is 0 Å². The number of hydrogen-bond donors (Lipinski definition) is 0. The van der Waals surface area contributed by atoms with E-state index in [1.165, 1.54) is 0 Å². The molecule has 0 aliphatic carbocycles. The average Bonchev–Trinajstić information content (AvgIpc) is 2.99. The molecule has 0 amide bonds. The highest BCUT2D eigenvalue weighted by Gasteiger charge is 2.50. The smallest absolute Gasteiger partial charge is 0.151 e. The van der Waals surface area contributed by atoms with Crippen molar-refractivity contribution in [2.75, 3.05) is 26.4 Å². The highest BCUT2D eigenvalue weighted by atomic mass is 16.7. The van der Waals surface area contributed by atoms with Crippen LogP contribution >= 0.6 is 0 Å². The zero-order chi connectivity index (χ0) is 13.4. The van der Waals surface area contributed by atoms with E-state index in [1.54, 1.807) is 0 Å². The quantitative estimate of drug-likeness (QED) is 0.409. The Bertz CT molecular complexity index is 376. The molecule has 3 saturated heterocycles. The number of hydrogen-bond acceptors (Lipinski definition) is 5. The Morgan fingerprint density at radius 1 is 1.05 bits per heavy atom. The predicted octanol–water partition coefficient (Wildman–Crippen LogP) is 1.04. The SMILES string of the molecule is C=C(C)C(=C)O[C@H]1CO[C@H]2[C@@H]1OC[C@H]2OCC1CO1. The molecule has 0 spiro atoms. The molecule has 3 fully saturated rings. The molecule has 3 heterocycles. The summed E-state index contributed by atoms with van der Waals surface area (Å²) in [5.74, 6) is 0.591. The van der Waals surface area contributed by atoms with Gasteiger partial charge < -0.3 is 23.7 Å². The summed E-state index contributed by atoms with van der Waals surface area (Å²) >= 11 is 0. The Balaban J connectivity index is 1.52. The standard InChI is InChI=1S/C14H20O5/c1-8(2)9(3)19-12-7-18-13-11(6-17-14(12)13)16-5-10-4-15-10/h10-14H,1,3-7H2,2H3/t10?,11-,12+,13-,14-/m1/s1. The Morgan fingerprint density at radius 3 is 2.32 bits per heavy atom. The van der Waals surface area contributed by atoms with Crippen LogP contribution in [0.1, 0.15) is 6.92 Å². The minimum atomic E-state index is -0.125. The van der Waals surface area contributed by atoms with Gasteiger partial charge in [-0.05, 0) is 12.5 Å². The van der Waals surface area contributed by atoms with Crippen molar-refractivity contribution in [2.45, 2.75) is 37.4 Å². The van der Waals surface area contributed by atoms with Gasteiger partial charge in [0.25, 0.3) is 0 Å². The molecular formula is C14H20O5. The monoisotopic (exact) mass is 268 g/mol. The van der Waals surface area contributed by atoms with E-state index in [1.807, 2.05) is 6.92 Å². The van der Waals surface area contributed by atoms with Crippen molar-refractivity contribution in [3.63, 3.8) is 0 Å². The molecule has 0 radical (unpaired) electrons. The molecule has 3 rings (SSSR count). The van der Waals surface area contributed by atoms with Crippen LogP contribution in [0.3, 0.4) is 0 Å². The van der Waals surface area contributed by atoms with Crippen LogP contribution in [0, 0.1) is 0 Å². The highest BCUT2D eigenvalue weighted by Crippen LogP contribution is 2.32. The van der Waals surface area contributed by atoms with Crippen LogP contribution in [0.2, 0.25) is 0 Å². The van der Waals surface area contributed by atoms with Gasteiger partial charge in [0.1, 0.15) is 30.2 Å². The van der Waals surface area contributed by atoms with Gasteiger partial charge in [0.15, 0.2) is 6.10 Å². The van der Waals surface area contributed by atoms with Crippen molar-refractivity contribution in [1.82, 2.24) is 0 Å². The summed E-state index contributed by atoms with van der Waals surface area (Å²) in [6.45, 7) is 12.0. The molecule has 0 aromatic heterocycles. The van der Waals surface area contributed by atoms with Crippen LogP contribution in [0.4, 0.5) is 0 Å². The van der Waals surface area contributed by atoms with Crippen molar-refractivity contribution in [3.8, 4) is 0 Å². The number of rotatable bonds is 6. The van der Waals surface area contributed by atoms with Gasteiger partial charge in [-0.25, -0.2) is 0 Å². The third kappa shape index (κ3) is 2.84. The average molecular weight is 268 g/mol. The molecule has 1 unspecified atom stereocenters. The Hall–Kier alpha value is -0.880. The second-order valence-corrected chi connectivity index (χ2v) is 5.28. The molecule has 5 atom stereocenters. The van der Waals surface area contributed by atoms with Crippen LogP contribution in [0.5, 0.6) is 0 Å². The summed E-state index contributed by atoms with van der Waals surface area (Å²) in [6, 6.07) is 0. The summed E-state index contributed by atoms with van der Waals surface area (Å²) < 4.78 is 28.1. The van der Waals surface area contributed by atoms with Gasteiger partial charge in [0.05, 0.1) is 26.4 Å². The molecule has 3 aliphatic rings. The lowest BCUT2D eigenvalue weighted by molar-refractivity contribution is -0.0428. The zero-order valence-electron chi connectivity index (χ0n) is 11.2. The van der Waals surface area contributed by atoms with Crippen LogP contribution in [-0.4, -0.2) is 56.9 Å². The molecule has 0 saturated carbocycles. The summed E-state index contributed by atoms with van der Waals surface area (Å²) in [5.41, 5.74) is 0.820. The van der Waals surface area contributed by atoms with Gasteiger partial charge in [-0.15, -0.1) is 0 Å². The molecule has 5 heteroatoms. The van der Waals surface area contributed by atoms with Gasteiger partial charge in [-0.3, -0.25) is 0 Å².